The van der Waals surface area contributed by atoms with Crippen LogP contribution >= 0.6 is 11.3 Å². The topological polar surface area (TPSA) is 66.9 Å². The first-order valence-electron chi connectivity index (χ1n) is 10.9. The van der Waals surface area contributed by atoms with Gasteiger partial charge in [-0.2, -0.15) is 4.31 Å². The number of benzene rings is 1. The molecular formula is C23H30N2O4S2. The van der Waals surface area contributed by atoms with E-state index in [-0.39, 0.29) is 24.4 Å². The highest BCUT2D eigenvalue weighted by Crippen LogP contribution is 2.31. The van der Waals surface area contributed by atoms with Gasteiger partial charge < -0.3 is 9.64 Å². The van der Waals surface area contributed by atoms with Crippen molar-refractivity contribution in [1.29, 1.82) is 0 Å². The zero-order chi connectivity index (χ0) is 22.0. The average Bonchev–Trinajstić information content (AvgIpc) is 3.43. The third kappa shape index (κ3) is 4.81. The minimum Gasteiger partial charge on any atom is -0.497 e. The lowest BCUT2D eigenvalue weighted by Gasteiger charge is -2.35. The van der Waals surface area contributed by atoms with Crippen LogP contribution in [0.1, 0.15) is 36.1 Å². The summed E-state index contributed by atoms with van der Waals surface area (Å²) >= 11 is 1.29. The lowest BCUT2D eigenvalue weighted by molar-refractivity contribution is -0.137. The summed E-state index contributed by atoms with van der Waals surface area (Å²) in [5, 5.41) is 0. The summed E-state index contributed by atoms with van der Waals surface area (Å²) in [6.45, 7) is 3.42. The number of nitrogens with zero attached hydrogens (tertiary/aromatic N) is 2. The molecule has 0 saturated carbocycles. The van der Waals surface area contributed by atoms with Crippen LogP contribution in [-0.2, 0) is 21.2 Å². The van der Waals surface area contributed by atoms with Gasteiger partial charge in [-0.25, -0.2) is 8.42 Å². The predicted molar refractivity (Wildman–Crippen MR) is 122 cm³/mol. The van der Waals surface area contributed by atoms with Gasteiger partial charge in [-0.15, -0.1) is 11.3 Å². The van der Waals surface area contributed by atoms with E-state index in [1.807, 2.05) is 36.1 Å². The Balaban J connectivity index is 1.45. The standard InChI is InChI=1S/C23H30N2O4S2/c1-17-10-11-22(30-17)31(27,28)24-12-4-7-19(16-24)23(26)25-13-5-8-20(25)14-18-6-3-9-21(15-18)29-2/h3,6,9-11,15,19-20H,4-5,7-8,12-14,16H2,1-2H3. The molecule has 2 aliphatic heterocycles. The minimum atomic E-state index is -3.53. The quantitative estimate of drug-likeness (QED) is 0.657. The van der Waals surface area contributed by atoms with E-state index in [1.165, 1.54) is 15.6 Å². The Kier molecular flexibility index (Phi) is 6.69. The van der Waals surface area contributed by atoms with Crippen molar-refractivity contribution in [3.05, 3.63) is 46.8 Å². The van der Waals surface area contributed by atoms with Crippen LogP contribution in [0.2, 0.25) is 0 Å². The van der Waals surface area contributed by atoms with Gasteiger partial charge in [0.15, 0.2) is 0 Å². The van der Waals surface area contributed by atoms with Gasteiger partial charge in [0.05, 0.1) is 13.0 Å². The molecule has 0 aliphatic carbocycles. The van der Waals surface area contributed by atoms with E-state index in [9.17, 15) is 13.2 Å². The zero-order valence-electron chi connectivity index (χ0n) is 18.1. The van der Waals surface area contributed by atoms with Gasteiger partial charge in [-0.1, -0.05) is 12.1 Å². The fourth-order valence-corrected chi connectivity index (χ4v) is 7.65. The number of methoxy groups -OCH3 is 1. The van der Waals surface area contributed by atoms with Gasteiger partial charge in [-0.05, 0) is 68.9 Å². The number of hydrogen-bond acceptors (Lipinski definition) is 5. The number of likely N-dealkylation sites (tertiary alicyclic amines) is 1. The number of piperidine rings is 1. The minimum absolute atomic E-state index is 0.104. The molecule has 2 saturated heterocycles. The maximum Gasteiger partial charge on any atom is 0.252 e. The van der Waals surface area contributed by atoms with Crippen LogP contribution in [0.25, 0.3) is 0 Å². The van der Waals surface area contributed by atoms with Crippen molar-refractivity contribution in [2.45, 2.75) is 49.3 Å². The molecular weight excluding hydrogens is 432 g/mol. The van der Waals surface area contributed by atoms with Crippen LogP contribution in [0, 0.1) is 12.8 Å². The summed E-state index contributed by atoms with van der Waals surface area (Å²) in [5.74, 6) is 0.661. The second-order valence-electron chi connectivity index (χ2n) is 8.45. The van der Waals surface area contributed by atoms with Crippen molar-refractivity contribution >= 4 is 27.3 Å². The van der Waals surface area contributed by atoms with E-state index in [4.69, 9.17) is 4.74 Å². The summed E-state index contributed by atoms with van der Waals surface area (Å²) in [6.07, 6.45) is 4.23. The van der Waals surface area contributed by atoms with E-state index in [0.29, 0.717) is 17.2 Å². The van der Waals surface area contributed by atoms with Gasteiger partial charge in [0, 0.05) is 30.6 Å². The maximum absolute atomic E-state index is 13.4. The van der Waals surface area contributed by atoms with Crippen molar-refractivity contribution in [2.24, 2.45) is 5.92 Å². The number of carbonyl (C=O) groups excluding carboxylic acids is 1. The van der Waals surface area contributed by atoms with Crippen molar-refractivity contribution in [2.75, 3.05) is 26.7 Å². The maximum atomic E-state index is 13.4. The molecule has 4 rings (SSSR count). The van der Waals surface area contributed by atoms with Crippen LogP contribution in [0.4, 0.5) is 0 Å². The van der Waals surface area contributed by atoms with Gasteiger partial charge in [0.25, 0.3) is 10.0 Å². The van der Waals surface area contributed by atoms with Crippen molar-refractivity contribution in [1.82, 2.24) is 9.21 Å². The molecule has 1 aromatic carbocycles. The number of aryl methyl sites for hydroxylation is 1. The Morgan fingerprint density at radius 2 is 1.97 bits per heavy atom. The first-order chi connectivity index (χ1) is 14.9. The van der Waals surface area contributed by atoms with Crippen LogP contribution in [0.5, 0.6) is 5.75 Å². The number of carbonyl (C=O) groups is 1. The average molecular weight is 463 g/mol. The number of sulfonamides is 1. The van der Waals surface area contributed by atoms with Gasteiger partial charge in [0.1, 0.15) is 9.96 Å². The molecule has 0 N–H and O–H groups in total. The van der Waals surface area contributed by atoms with E-state index >= 15 is 0 Å². The summed E-state index contributed by atoms with van der Waals surface area (Å²) in [5.41, 5.74) is 1.16. The summed E-state index contributed by atoms with van der Waals surface area (Å²) in [4.78, 5) is 16.4. The molecule has 8 heteroatoms. The molecule has 2 aliphatic rings. The molecule has 3 heterocycles. The molecule has 1 aromatic heterocycles. The molecule has 0 bridgehead atoms. The SMILES string of the molecule is COc1cccc(CC2CCCN2C(=O)C2CCCN(S(=O)(=O)c3ccc(C)s3)C2)c1. The molecule has 2 aromatic rings. The Hall–Kier alpha value is -1.90. The van der Waals surface area contributed by atoms with Crippen molar-refractivity contribution in [3.8, 4) is 5.75 Å². The highest BCUT2D eigenvalue weighted by molar-refractivity contribution is 7.91. The van der Waals surface area contributed by atoms with E-state index in [0.717, 1.165) is 48.4 Å². The van der Waals surface area contributed by atoms with E-state index in [2.05, 4.69) is 6.07 Å². The van der Waals surface area contributed by atoms with E-state index < -0.39 is 10.0 Å². The molecule has 1 amide bonds. The molecule has 2 fully saturated rings. The van der Waals surface area contributed by atoms with Crippen LogP contribution in [0.3, 0.4) is 0 Å². The van der Waals surface area contributed by atoms with Crippen LogP contribution < -0.4 is 4.74 Å². The third-order valence-electron chi connectivity index (χ3n) is 6.31. The number of hydrogen-bond donors (Lipinski definition) is 0. The molecule has 2 unspecified atom stereocenters. The number of thiophene rings is 1. The molecule has 6 nitrogen and oxygen atoms in total. The largest absolute Gasteiger partial charge is 0.497 e. The van der Waals surface area contributed by atoms with Gasteiger partial charge in [0.2, 0.25) is 5.91 Å². The monoisotopic (exact) mass is 462 g/mol. The number of rotatable bonds is 6. The third-order valence-corrected chi connectivity index (χ3v) is 9.64. The number of ether oxygens (including phenoxy) is 1. The lowest BCUT2D eigenvalue weighted by Crippen LogP contribution is -2.48. The second-order valence-corrected chi connectivity index (χ2v) is 11.9. The number of amides is 1. The summed E-state index contributed by atoms with van der Waals surface area (Å²) < 4.78 is 33.3. The van der Waals surface area contributed by atoms with Crippen molar-refractivity contribution in [3.63, 3.8) is 0 Å². The van der Waals surface area contributed by atoms with Crippen LogP contribution in [0.15, 0.2) is 40.6 Å². The first kappa shape index (κ1) is 22.3. The first-order valence-corrected chi connectivity index (χ1v) is 13.1. The second kappa shape index (κ2) is 9.30. The fraction of sp³-hybridized carbons (Fsp3) is 0.522. The Bertz CT molecular complexity index is 1030. The van der Waals surface area contributed by atoms with Gasteiger partial charge in [-0.3, -0.25) is 4.79 Å². The summed E-state index contributed by atoms with van der Waals surface area (Å²) in [6, 6.07) is 11.7. The highest BCUT2D eigenvalue weighted by Gasteiger charge is 2.38. The highest BCUT2D eigenvalue weighted by atomic mass is 32.2. The molecule has 0 spiro atoms. The van der Waals surface area contributed by atoms with Crippen molar-refractivity contribution < 1.29 is 17.9 Å². The lowest BCUT2D eigenvalue weighted by atomic mass is 9.96. The smallest absolute Gasteiger partial charge is 0.252 e. The predicted octanol–water partition coefficient (Wildman–Crippen LogP) is 3.70. The molecule has 168 valence electrons. The zero-order valence-corrected chi connectivity index (χ0v) is 19.8. The Labute approximate surface area is 188 Å². The van der Waals surface area contributed by atoms with Gasteiger partial charge >= 0.3 is 0 Å². The molecule has 31 heavy (non-hydrogen) atoms. The van der Waals surface area contributed by atoms with Crippen LogP contribution in [-0.4, -0.2) is 56.3 Å². The Morgan fingerprint density at radius 1 is 1.16 bits per heavy atom. The molecule has 0 radical (unpaired) electrons. The molecule has 2 atom stereocenters. The van der Waals surface area contributed by atoms with E-state index in [1.54, 1.807) is 13.2 Å². The fourth-order valence-electron chi connectivity index (χ4n) is 4.68. The normalized spacial score (nSPS) is 22.6. The Morgan fingerprint density at radius 3 is 2.71 bits per heavy atom. The summed E-state index contributed by atoms with van der Waals surface area (Å²) in [7, 11) is -1.88.